The number of carboxylic acid groups (broad SMARTS) is 1. The zero-order valence-corrected chi connectivity index (χ0v) is 46.1. The van der Waals surface area contributed by atoms with Crippen LogP contribution >= 0.6 is 0 Å². The monoisotopic (exact) mass is 1110 g/mol. The van der Waals surface area contributed by atoms with E-state index in [4.69, 9.17) is 14.6 Å². The number of carboxylic acids is 1. The normalized spacial score (nSPS) is 23.4. The molecule has 2 fully saturated rings. The van der Waals surface area contributed by atoms with Gasteiger partial charge in [-0.05, 0) is 62.5 Å². The van der Waals surface area contributed by atoms with Crippen molar-refractivity contribution < 1.29 is 64.4 Å². The summed E-state index contributed by atoms with van der Waals surface area (Å²) in [7, 11) is 1.28. The Morgan fingerprint density at radius 1 is 0.736 bits per heavy atom. The molecule has 2 aromatic carbocycles. The zero-order chi connectivity index (χ0) is 52.2. The van der Waals surface area contributed by atoms with Gasteiger partial charge in [0.1, 0.15) is 36.8 Å². The Morgan fingerprint density at radius 3 is 1.51 bits per heavy atom. The number of ether oxygens (including phenoxy) is 3. The molecule has 9 N–H and O–H groups in total. The number of rotatable bonds is 20. The van der Waals surface area contributed by atoms with Crippen molar-refractivity contribution in [3.8, 4) is 35.2 Å². The second kappa shape index (κ2) is 31.0. The molecule has 2 heterocycles. The summed E-state index contributed by atoms with van der Waals surface area (Å²) in [6, 6.07) is 12.0. The Morgan fingerprint density at radius 2 is 1.14 bits per heavy atom. The standard InChI is InChI=1S/C27H35NO6.C26H33NO6.3CH3.H2O.Sn/c1-4-5-8-17(2)21(29)14-13-19-22(30)15-23-26(19)20-11-6-9-18(27(20)34-23)10-7-12-24(31)28-16-25(32)33-3;1-3-4-7-16(2)20(28)13-12-18-21(29)14-22-25(18)19-10-5-8-17(26(19)33-22)9-6-11-23(30)27-15-24(31)32;;;;;/h6,9,11,13-14,17,19,21-23,26,29-30H,7-8,10,12,15-16H2,1-3H3,(H,28,31);5,8,10,12-13,16,18,20-22,25,28-29H,6-7,9,11,14-15H2,1-2H3,(H,27,30)(H,31,32);3*1H3;1H2;/b14-13+;13-12+;;;;;/t17-,19-,21+,22+,23-,26-;16-,18-,20+,21+,22-,25-;;;;;/m00...../s1. The second-order valence-corrected chi connectivity index (χ2v) is 28.1. The van der Waals surface area contributed by atoms with Gasteiger partial charge in [-0.3, -0.25) is 19.2 Å². The topological polar surface area (TPSA) is 253 Å². The Balaban J connectivity index is 0.000000349. The molecule has 1 radical (unpaired) electrons. The van der Waals surface area contributed by atoms with Gasteiger partial charge in [0.15, 0.2) is 0 Å². The molecule has 0 spiro atoms. The molecular weight excluding hydrogens is 1030 g/mol. The molecule has 2 aliphatic carbocycles. The van der Waals surface area contributed by atoms with Crippen LogP contribution in [0.5, 0.6) is 11.5 Å². The molecule has 4 aliphatic rings. The van der Waals surface area contributed by atoms with Gasteiger partial charge in [0.05, 0.1) is 31.5 Å². The SMILES string of the molecule is CC#CC[C@H](C)[C@H](O)/C=C/[C@@H]1[C@H]2c3cccc(CCCC(=O)NCC(=O)O)c3O[C@H]2C[C@H]1O.CC#CC[C@H](C)[C@H](O)/C=C/[C@@H]1[C@H]2c3cccc(CCCC(=O)NCC(=O)OC)c3O[C@H]2C[C@H]1O.O.[CH3][Sn]([CH3])[CH3]. The van der Waals surface area contributed by atoms with Crippen LogP contribution in [0.25, 0.3) is 0 Å². The Hall–Kier alpha value is -4.88. The number of carbonyl (C=O) groups excluding carboxylic acids is 3. The molecule has 2 aliphatic heterocycles. The van der Waals surface area contributed by atoms with Crippen LogP contribution in [0.4, 0.5) is 0 Å². The summed E-state index contributed by atoms with van der Waals surface area (Å²) in [6.07, 6.45) is 10.2. The minimum atomic E-state index is -1.06. The van der Waals surface area contributed by atoms with Crippen LogP contribution in [-0.2, 0) is 36.8 Å². The number of methoxy groups -OCH3 is 1. The molecule has 395 valence electrons. The van der Waals surface area contributed by atoms with Gasteiger partial charge in [0.2, 0.25) is 11.8 Å². The van der Waals surface area contributed by atoms with Crippen molar-refractivity contribution in [3.63, 3.8) is 0 Å². The predicted molar refractivity (Wildman–Crippen MR) is 279 cm³/mol. The number of aliphatic carboxylic acids is 1. The van der Waals surface area contributed by atoms with Gasteiger partial charge in [-0.1, -0.05) is 74.5 Å². The van der Waals surface area contributed by atoms with E-state index in [-0.39, 0.29) is 84.5 Å². The van der Waals surface area contributed by atoms with Gasteiger partial charge in [-0.25, -0.2) is 0 Å². The van der Waals surface area contributed by atoms with E-state index in [1.165, 1.54) is 7.11 Å². The van der Waals surface area contributed by atoms with Crippen LogP contribution in [0.1, 0.15) is 113 Å². The quantitative estimate of drug-likeness (QED) is 0.0379. The van der Waals surface area contributed by atoms with E-state index in [1.54, 1.807) is 26.0 Å². The summed E-state index contributed by atoms with van der Waals surface area (Å²) in [6.45, 7) is 6.99. The maximum atomic E-state index is 11.9. The van der Waals surface area contributed by atoms with Crippen molar-refractivity contribution in [2.75, 3.05) is 20.2 Å². The number of aliphatic hydroxyl groups is 4. The van der Waals surface area contributed by atoms with Crippen molar-refractivity contribution >= 4 is 43.5 Å². The zero-order valence-electron chi connectivity index (χ0n) is 43.3. The number of nitrogens with one attached hydrogen (secondary N) is 2. The third-order valence-corrected chi connectivity index (χ3v) is 13.2. The number of para-hydroxylation sites is 2. The Kier molecular flexibility index (Phi) is 26.4. The number of carbonyl (C=O) groups is 4. The van der Waals surface area contributed by atoms with Crippen LogP contribution in [0.2, 0.25) is 14.8 Å². The molecule has 16 heteroatoms. The number of aryl methyl sites for hydroxylation is 2. The summed E-state index contributed by atoms with van der Waals surface area (Å²) in [5, 5.41) is 55.8. The first-order chi connectivity index (χ1) is 33.9. The average Bonchev–Trinajstić information content (AvgIpc) is 4.06. The van der Waals surface area contributed by atoms with E-state index < -0.39 is 56.1 Å². The fraction of sp³-hybridized carbons (Fsp3) is 0.571. The number of esters is 1. The molecule has 2 amide bonds. The molecule has 12 atom stereocenters. The summed E-state index contributed by atoms with van der Waals surface area (Å²) < 4.78 is 17.1. The number of fused-ring (bicyclic) bond motifs is 6. The van der Waals surface area contributed by atoms with E-state index >= 15 is 0 Å². The molecule has 72 heavy (non-hydrogen) atoms. The van der Waals surface area contributed by atoms with Crippen LogP contribution in [0.15, 0.2) is 60.7 Å². The Bertz CT molecular complexity index is 2280. The molecule has 0 bridgehead atoms. The van der Waals surface area contributed by atoms with Gasteiger partial charge in [0, 0.05) is 73.3 Å². The van der Waals surface area contributed by atoms with Gasteiger partial charge in [0.25, 0.3) is 0 Å². The second-order valence-electron chi connectivity index (χ2n) is 19.5. The molecule has 6 rings (SSSR count). The number of benzene rings is 2. The van der Waals surface area contributed by atoms with E-state index in [0.717, 1.165) is 33.8 Å². The summed E-state index contributed by atoms with van der Waals surface area (Å²) in [5.74, 6) is 11.2. The van der Waals surface area contributed by atoms with Gasteiger partial charge in [-0.2, -0.15) is 0 Å². The van der Waals surface area contributed by atoms with Crippen LogP contribution in [0, 0.1) is 47.4 Å². The minimum absolute atomic E-state index is 0. The van der Waals surface area contributed by atoms with E-state index in [9.17, 15) is 39.6 Å². The van der Waals surface area contributed by atoms with Gasteiger partial charge in [-0.15, -0.1) is 23.7 Å². The predicted octanol–water partition coefficient (Wildman–Crippen LogP) is 5.44. The van der Waals surface area contributed by atoms with E-state index in [0.29, 0.717) is 57.8 Å². The van der Waals surface area contributed by atoms with Crippen LogP contribution in [-0.4, -0.2) is 131 Å². The molecule has 0 saturated heterocycles. The van der Waals surface area contributed by atoms with Crippen molar-refractivity contribution in [2.24, 2.45) is 23.7 Å². The molecule has 0 aromatic heterocycles. The average molecular weight is 1110 g/mol. The summed E-state index contributed by atoms with van der Waals surface area (Å²) >= 11 is -0.543. The fourth-order valence-electron chi connectivity index (χ4n) is 9.43. The van der Waals surface area contributed by atoms with Gasteiger partial charge >= 0.3 is 46.5 Å². The van der Waals surface area contributed by atoms with Gasteiger partial charge < -0.3 is 55.9 Å². The van der Waals surface area contributed by atoms with Crippen molar-refractivity contribution in [1.29, 1.82) is 0 Å². The first-order valence-electron chi connectivity index (χ1n) is 24.9. The first-order valence-corrected chi connectivity index (χ1v) is 33.5. The Labute approximate surface area is 433 Å². The first kappa shape index (κ1) is 61.4. The maximum absolute atomic E-state index is 11.9. The number of hydrogen-bond donors (Lipinski definition) is 7. The molecule has 15 nitrogen and oxygen atoms in total. The summed E-state index contributed by atoms with van der Waals surface area (Å²) in [4.78, 5) is 52.5. The van der Waals surface area contributed by atoms with Crippen LogP contribution < -0.4 is 20.1 Å². The van der Waals surface area contributed by atoms with Crippen molar-refractivity contribution in [2.45, 2.75) is 155 Å². The molecule has 0 unspecified atom stereocenters. The third-order valence-electron chi connectivity index (χ3n) is 13.2. The number of aliphatic hydroxyl groups excluding tert-OH is 4. The molecule has 2 saturated carbocycles. The fourth-order valence-corrected chi connectivity index (χ4v) is 9.43. The van der Waals surface area contributed by atoms with Crippen molar-refractivity contribution in [3.05, 3.63) is 83.0 Å². The summed E-state index contributed by atoms with van der Waals surface area (Å²) in [5.41, 5.74) is 4.18. The van der Waals surface area contributed by atoms with Crippen LogP contribution in [0.3, 0.4) is 0 Å². The van der Waals surface area contributed by atoms with E-state index in [2.05, 4.69) is 53.9 Å². The molecular formula is C56H79N2O13Sn. The molecule has 2 aromatic rings. The number of amides is 2. The van der Waals surface area contributed by atoms with Crippen molar-refractivity contribution in [1.82, 2.24) is 10.6 Å². The van der Waals surface area contributed by atoms with E-state index in [1.807, 2.05) is 62.4 Å². The number of hydrogen-bond acceptors (Lipinski definition) is 11. The third kappa shape index (κ3) is 18.2.